The molecule has 96 valence electrons. The van der Waals surface area contributed by atoms with Gasteiger partial charge in [-0.1, -0.05) is 0 Å². The first-order chi connectivity index (χ1) is 9.01. The largest absolute Gasteiger partial charge is 0.351 e. The molecular formula is C13H6BrF3N2. The van der Waals surface area contributed by atoms with Crippen LogP contribution in [-0.2, 0) is 0 Å². The molecule has 0 aromatic heterocycles. The lowest BCUT2D eigenvalue weighted by molar-refractivity contribution is 0.589. The fourth-order valence-corrected chi connectivity index (χ4v) is 1.72. The van der Waals surface area contributed by atoms with Gasteiger partial charge in [0.25, 0.3) is 0 Å². The molecule has 0 heterocycles. The topological polar surface area (TPSA) is 35.8 Å². The highest BCUT2D eigenvalue weighted by Crippen LogP contribution is 2.26. The summed E-state index contributed by atoms with van der Waals surface area (Å²) in [5.41, 5.74) is -0.355. The summed E-state index contributed by atoms with van der Waals surface area (Å²) in [5.74, 6) is -2.39. The number of rotatable bonds is 2. The molecule has 0 atom stereocenters. The zero-order valence-electron chi connectivity index (χ0n) is 9.35. The molecule has 0 radical (unpaired) electrons. The number of anilines is 2. The third kappa shape index (κ3) is 2.88. The summed E-state index contributed by atoms with van der Waals surface area (Å²) in [5, 5.41) is 11.0. The van der Waals surface area contributed by atoms with Gasteiger partial charge in [-0.15, -0.1) is 0 Å². The van der Waals surface area contributed by atoms with Crippen LogP contribution in [0.3, 0.4) is 0 Å². The second-order valence-corrected chi connectivity index (χ2v) is 4.53. The number of nitriles is 1. The summed E-state index contributed by atoms with van der Waals surface area (Å²) in [7, 11) is 0. The minimum Gasteiger partial charge on any atom is -0.351 e. The Balaban J connectivity index is 2.38. The molecule has 1 N–H and O–H groups in total. The summed E-state index contributed by atoms with van der Waals surface area (Å²) in [6, 6.07) is 7.42. The van der Waals surface area contributed by atoms with E-state index in [9.17, 15) is 13.2 Å². The second-order valence-electron chi connectivity index (χ2n) is 3.68. The lowest BCUT2D eigenvalue weighted by atomic mass is 10.2. The van der Waals surface area contributed by atoms with Crippen LogP contribution in [0.15, 0.2) is 34.8 Å². The van der Waals surface area contributed by atoms with Crippen molar-refractivity contribution in [2.45, 2.75) is 0 Å². The van der Waals surface area contributed by atoms with Crippen LogP contribution in [0.25, 0.3) is 0 Å². The molecule has 0 saturated carbocycles. The van der Waals surface area contributed by atoms with Crippen molar-refractivity contribution in [1.82, 2.24) is 0 Å². The van der Waals surface area contributed by atoms with Gasteiger partial charge in [0.15, 0.2) is 11.6 Å². The monoisotopic (exact) mass is 326 g/mol. The van der Waals surface area contributed by atoms with Crippen LogP contribution in [-0.4, -0.2) is 0 Å². The predicted octanol–water partition coefficient (Wildman–Crippen LogP) is 4.48. The molecule has 0 aliphatic heterocycles. The standard InChI is InChI=1S/C13H6BrF3N2/c14-9-2-1-8(5-10(9)15)19-13-11(16)3-7(6-18)4-12(13)17/h1-5,19H. The molecule has 0 bridgehead atoms. The Kier molecular flexibility index (Phi) is 3.76. The quantitative estimate of drug-likeness (QED) is 0.883. The summed E-state index contributed by atoms with van der Waals surface area (Å²) < 4.78 is 40.7. The zero-order valence-corrected chi connectivity index (χ0v) is 10.9. The summed E-state index contributed by atoms with van der Waals surface area (Å²) in [6.07, 6.45) is 0. The van der Waals surface area contributed by atoms with Crippen molar-refractivity contribution in [3.05, 3.63) is 57.8 Å². The van der Waals surface area contributed by atoms with Crippen LogP contribution < -0.4 is 5.32 Å². The van der Waals surface area contributed by atoms with Gasteiger partial charge < -0.3 is 5.32 Å². The zero-order chi connectivity index (χ0) is 14.0. The van der Waals surface area contributed by atoms with Crippen molar-refractivity contribution in [3.8, 4) is 6.07 Å². The Morgan fingerprint density at radius 1 is 1.00 bits per heavy atom. The van der Waals surface area contributed by atoms with Gasteiger partial charge in [-0.2, -0.15) is 5.26 Å². The smallest absolute Gasteiger partial charge is 0.150 e. The Labute approximate surface area is 115 Å². The van der Waals surface area contributed by atoms with E-state index in [2.05, 4.69) is 21.2 Å². The maximum atomic E-state index is 13.6. The lowest BCUT2D eigenvalue weighted by Gasteiger charge is -2.09. The van der Waals surface area contributed by atoms with Gasteiger partial charge in [0.05, 0.1) is 16.1 Å². The van der Waals surface area contributed by atoms with Crippen molar-refractivity contribution >= 4 is 27.3 Å². The fourth-order valence-electron chi connectivity index (χ4n) is 1.48. The van der Waals surface area contributed by atoms with Crippen molar-refractivity contribution in [3.63, 3.8) is 0 Å². The highest BCUT2D eigenvalue weighted by Gasteiger charge is 2.12. The molecule has 2 rings (SSSR count). The van der Waals surface area contributed by atoms with Gasteiger partial charge in [0.1, 0.15) is 11.5 Å². The van der Waals surface area contributed by atoms with Crippen LogP contribution in [0.4, 0.5) is 24.5 Å². The van der Waals surface area contributed by atoms with Crippen molar-refractivity contribution < 1.29 is 13.2 Å². The Morgan fingerprint density at radius 2 is 1.63 bits per heavy atom. The van der Waals surface area contributed by atoms with E-state index >= 15 is 0 Å². The normalized spacial score (nSPS) is 10.1. The third-order valence-electron chi connectivity index (χ3n) is 2.36. The van der Waals surface area contributed by atoms with Crippen LogP contribution in [0.5, 0.6) is 0 Å². The molecule has 2 aromatic rings. The first-order valence-corrected chi connectivity index (χ1v) is 5.92. The summed E-state index contributed by atoms with van der Waals surface area (Å²) in [4.78, 5) is 0. The molecule has 0 fully saturated rings. The highest BCUT2D eigenvalue weighted by atomic mass is 79.9. The predicted molar refractivity (Wildman–Crippen MR) is 68.5 cm³/mol. The lowest BCUT2D eigenvalue weighted by Crippen LogP contribution is -1.99. The van der Waals surface area contributed by atoms with Crippen LogP contribution in [0, 0.1) is 28.8 Å². The molecule has 0 aliphatic rings. The number of nitrogens with one attached hydrogen (secondary N) is 1. The third-order valence-corrected chi connectivity index (χ3v) is 3.00. The van der Waals surface area contributed by atoms with Gasteiger partial charge in [0, 0.05) is 5.69 Å². The van der Waals surface area contributed by atoms with Crippen LogP contribution in [0.1, 0.15) is 5.56 Å². The van der Waals surface area contributed by atoms with Crippen LogP contribution >= 0.6 is 15.9 Å². The Morgan fingerprint density at radius 3 is 2.16 bits per heavy atom. The van der Waals surface area contributed by atoms with Crippen molar-refractivity contribution in [2.24, 2.45) is 0 Å². The van der Waals surface area contributed by atoms with E-state index < -0.39 is 23.1 Å². The second kappa shape index (κ2) is 5.33. The van der Waals surface area contributed by atoms with E-state index in [0.717, 1.165) is 18.2 Å². The van der Waals surface area contributed by atoms with Gasteiger partial charge in [0.2, 0.25) is 0 Å². The van der Waals surface area contributed by atoms with Gasteiger partial charge in [-0.25, -0.2) is 13.2 Å². The van der Waals surface area contributed by atoms with Gasteiger partial charge >= 0.3 is 0 Å². The molecule has 0 saturated heterocycles. The highest BCUT2D eigenvalue weighted by molar-refractivity contribution is 9.10. The van der Waals surface area contributed by atoms with E-state index in [-0.39, 0.29) is 15.7 Å². The average molecular weight is 327 g/mol. The van der Waals surface area contributed by atoms with E-state index in [1.165, 1.54) is 12.1 Å². The van der Waals surface area contributed by atoms with E-state index in [1.807, 2.05) is 0 Å². The number of hydrogen-bond acceptors (Lipinski definition) is 2. The molecule has 0 unspecified atom stereocenters. The SMILES string of the molecule is N#Cc1cc(F)c(Nc2ccc(Br)c(F)c2)c(F)c1. The minimum atomic E-state index is -0.917. The van der Waals surface area contributed by atoms with E-state index in [1.54, 1.807) is 6.07 Å². The first-order valence-electron chi connectivity index (χ1n) is 5.12. The van der Waals surface area contributed by atoms with Crippen molar-refractivity contribution in [2.75, 3.05) is 5.32 Å². The molecular weight excluding hydrogens is 321 g/mol. The number of halogens is 4. The summed E-state index contributed by atoms with van der Waals surface area (Å²) in [6.45, 7) is 0. The Hall–Kier alpha value is -2.00. The minimum absolute atomic E-state index is 0.123. The Bertz CT molecular complexity index is 657. The van der Waals surface area contributed by atoms with E-state index in [0.29, 0.717) is 0 Å². The molecule has 19 heavy (non-hydrogen) atoms. The number of nitrogens with zero attached hydrogens (tertiary/aromatic N) is 1. The number of benzene rings is 2. The maximum Gasteiger partial charge on any atom is 0.150 e. The summed E-state index contributed by atoms with van der Waals surface area (Å²) >= 11 is 2.98. The molecule has 0 aliphatic carbocycles. The fraction of sp³-hybridized carbons (Fsp3) is 0. The molecule has 2 aromatic carbocycles. The van der Waals surface area contributed by atoms with Crippen LogP contribution in [0.2, 0.25) is 0 Å². The molecule has 6 heteroatoms. The molecule has 2 nitrogen and oxygen atoms in total. The van der Waals surface area contributed by atoms with Gasteiger partial charge in [-0.05, 0) is 46.3 Å². The van der Waals surface area contributed by atoms with Gasteiger partial charge in [-0.3, -0.25) is 0 Å². The average Bonchev–Trinajstić information content (AvgIpc) is 2.37. The molecule has 0 spiro atoms. The number of hydrogen-bond donors (Lipinski definition) is 1. The maximum absolute atomic E-state index is 13.6. The van der Waals surface area contributed by atoms with Crippen molar-refractivity contribution in [1.29, 1.82) is 5.26 Å². The molecule has 0 amide bonds. The first kappa shape index (κ1) is 13.4. The van der Waals surface area contributed by atoms with E-state index in [4.69, 9.17) is 5.26 Å².